The number of benzene rings is 1. The molecule has 2 nitrogen and oxygen atoms in total. The van der Waals surface area contributed by atoms with Crippen LogP contribution in [-0.4, -0.2) is 7.11 Å². The van der Waals surface area contributed by atoms with Crippen LogP contribution in [0.25, 0.3) is 0 Å². The van der Waals surface area contributed by atoms with Gasteiger partial charge in [0.1, 0.15) is 10.1 Å². The van der Waals surface area contributed by atoms with Crippen LogP contribution in [0.1, 0.15) is 4.88 Å². The molecule has 2 rings (SSSR count). The molecule has 90 valence electrons. The fraction of sp³-hybridized carbons (Fsp3) is 0.167. The Bertz CT molecular complexity index is 495. The van der Waals surface area contributed by atoms with E-state index >= 15 is 0 Å². The highest BCUT2D eigenvalue weighted by atomic mass is 79.9. The van der Waals surface area contributed by atoms with Gasteiger partial charge in [-0.15, -0.1) is 11.3 Å². The van der Waals surface area contributed by atoms with Gasteiger partial charge >= 0.3 is 0 Å². The number of thiophene rings is 1. The molecule has 2 aromatic rings. The molecule has 1 aromatic carbocycles. The SMILES string of the molecule is COc1cccc(NCc2cc(Br)c(Cl)s2)c1. The largest absolute Gasteiger partial charge is 0.497 e. The van der Waals surface area contributed by atoms with Crippen molar-refractivity contribution in [2.24, 2.45) is 0 Å². The first-order valence-electron chi connectivity index (χ1n) is 5.00. The monoisotopic (exact) mass is 331 g/mol. The van der Waals surface area contributed by atoms with E-state index in [-0.39, 0.29) is 0 Å². The first-order chi connectivity index (χ1) is 8.19. The van der Waals surface area contributed by atoms with E-state index in [1.807, 2.05) is 30.3 Å². The third kappa shape index (κ3) is 3.37. The highest BCUT2D eigenvalue weighted by molar-refractivity contribution is 9.10. The average Bonchev–Trinajstić information content (AvgIpc) is 2.67. The van der Waals surface area contributed by atoms with Gasteiger partial charge in [-0.3, -0.25) is 0 Å². The predicted octanol–water partition coefficient (Wildman–Crippen LogP) is 4.78. The molecular formula is C12H11BrClNOS. The number of halogens is 2. The van der Waals surface area contributed by atoms with Crippen LogP contribution in [0.3, 0.4) is 0 Å². The van der Waals surface area contributed by atoms with E-state index in [9.17, 15) is 0 Å². The Kier molecular flexibility index (Phi) is 4.31. The van der Waals surface area contributed by atoms with Gasteiger partial charge in [-0.2, -0.15) is 0 Å². The molecule has 0 bridgehead atoms. The van der Waals surface area contributed by atoms with Crippen molar-refractivity contribution in [1.82, 2.24) is 0 Å². The summed E-state index contributed by atoms with van der Waals surface area (Å²) in [6, 6.07) is 9.87. The topological polar surface area (TPSA) is 21.3 Å². The Morgan fingerprint density at radius 1 is 1.41 bits per heavy atom. The molecule has 0 amide bonds. The number of hydrogen-bond donors (Lipinski definition) is 1. The van der Waals surface area contributed by atoms with E-state index in [4.69, 9.17) is 16.3 Å². The van der Waals surface area contributed by atoms with Gasteiger partial charge in [0.05, 0.1) is 7.11 Å². The third-order valence-electron chi connectivity index (χ3n) is 2.23. The molecule has 0 radical (unpaired) electrons. The third-order valence-corrected chi connectivity index (χ3v) is 4.71. The molecule has 0 unspecified atom stereocenters. The van der Waals surface area contributed by atoms with Crippen molar-refractivity contribution in [2.75, 3.05) is 12.4 Å². The molecule has 0 saturated carbocycles. The van der Waals surface area contributed by atoms with Gasteiger partial charge in [0.2, 0.25) is 0 Å². The Morgan fingerprint density at radius 3 is 2.88 bits per heavy atom. The molecule has 1 aromatic heterocycles. The van der Waals surface area contributed by atoms with E-state index in [1.165, 1.54) is 4.88 Å². The minimum absolute atomic E-state index is 0.753. The maximum Gasteiger partial charge on any atom is 0.120 e. The Morgan fingerprint density at radius 2 is 2.24 bits per heavy atom. The van der Waals surface area contributed by atoms with Crippen molar-refractivity contribution < 1.29 is 4.74 Å². The summed E-state index contributed by atoms with van der Waals surface area (Å²) >= 11 is 10.9. The number of anilines is 1. The fourth-order valence-electron chi connectivity index (χ4n) is 1.40. The summed E-state index contributed by atoms with van der Waals surface area (Å²) in [4.78, 5) is 1.18. The van der Waals surface area contributed by atoms with Gasteiger partial charge in [0, 0.05) is 27.6 Å². The van der Waals surface area contributed by atoms with Gasteiger partial charge in [0.15, 0.2) is 0 Å². The van der Waals surface area contributed by atoms with Crippen LogP contribution < -0.4 is 10.1 Å². The number of rotatable bonds is 4. The van der Waals surface area contributed by atoms with Crippen molar-refractivity contribution in [3.63, 3.8) is 0 Å². The zero-order valence-electron chi connectivity index (χ0n) is 9.17. The van der Waals surface area contributed by atoms with Crippen LogP contribution in [-0.2, 0) is 6.54 Å². The summed E-state index contributed by atoms with van der Waals surface area (Å²) in [6.45, 7) is 0.753. The van der Waals surface area contributed by atoms with Crippen molar-refractivity contribution in [3.05, 3.63) is 44.0 Å². The van der Waals surface area contributed by atoms with Crippen molar-refractivity contribution in [2.45, 2.75) is 6.54 Å². The highest BCUT2D eigenvalue weighted by Crippen LogP contribution is 2.32. The van der Waals surface area contributed by atoms with E-state index in [2.05, 4.69) is 21.2 Å². The summed E-state index contributed by atoms with van der Waals surface area (Å²) in [5, 5.41) is 3.33. The molecule has 0 aliphatic carbocycles. The van der Waals surface area contributed by atoms with Crippen molar-refractivity contribution in [3.8, 4) is 5.75 Å². The van der Waals surface area contributed by atoms with Crippen LogP contribution in [0.4, 0.5) is 5.69 Å². The van der Waals surface area contributed by atoms with Crippen molar-refractivity contribution >= 4 is 44.6 Å². The maximum atomic E-state index is 5.98. The summed E-state index contributed by atoms with van der Waals surface area (Å²) in [5.74, 6) is 0.848. The Hall–Kier alpha value is -0.710. The van der Waals surface area contributed by atoms with E-state index in [0.29, 0.717) is 0 Å². The zero-order chi connectivity index (χ0) is 12.3. The molecule has 0 atom stereocenters. The first kappa shape index (κ1) is 12.7. The summed E-state index contributed by atoms with van der Waals surface area (Å²) < 4.78 is 6.90. The molecule has 17 heavy (non-hydrogen) atoms. The van der Waals surface area contributed by atoms with Gasteiger partial charge in [-0.1, -0.05) is 17.7 Å². The molecule has 0 saturated heterocycles. The second kappa shape index (κ2) is 5.76. The molecule has 0 fully saturated rings. The second-order valence-corrected chi connectivity index (χ2v) is 6.01. The number of hydrogen-bond acceptors (Lipinski definition) is 3. The fourth-order valence-corrected chi connectivity index (χ4v) is 3.13. The lowest BCUT2D eigenvalue weighted by molar-refractivity contribution is 0.415. The van der Waals surface area contributed by atoms with Crippen LogP contribution in [0, 0.1) is 0 Å². The van der Waals surface area contributed by atoms with E-state index < -0.39 is 0 Å². The van der Waals surface area contributed by atoms with Gasteiger partial charge in [0.25, 0.3) is 0 Å². The van der Waals surface area contributed by atoms with Crippen LogP contribution in [0.5, 0.6) is 5.75 Å². The normalized spacial score (nSPS) is 10.3. The Labute approximate surface area is 118 Å². The van der Waals surface area contributed by atoms with E-state index in [0.717, 1.165) is 26.8 Å². The van der Waals surface area contributed by atoms with Crippen LogP contribution in [0.2, 0.25) is 4.34 Å². The lowest BCUT2D eigenvalue weighted by Crippen LogP contribution is -1.97. The highest BCUT2D eigenvalue weighted by Gasteiger charge is 2.04. The summed E-state index contributed by atoms with van der Waals surface area (Å²) in [6.07, 6.45) is 0. The van der Waals surface area contributed by atoms with Gasteiger partial charge < -0.3 is 10.1 Å². The minimum atomic E-state index is 0.753. The molecule has 1 N–H and O–H groups in total. The second-order valence-electron chi connectivity index (χ2n) is 3.42. The summed E-state index contributed by atoms with van der Waals surface area (Å²) in [5.41, 5.74) is 1.03. The number of methoxy groups -OCH3 is 1. The maximum absolute atomic E-state index is 5.98. The molecule has 0 aliphatic rings. The molecule has 5 heteroatoms. The lowest BCUT2D eigenvalue weighted by atomic mass is 10.3. The quantitative estimate of drug-likeness (QED) is 0.869. The number of ether oxygens (including phenoxy) is 1. The van der Waals surface area contributed by atoms with Gasteiger partial charge in [-0.25, -0.2) is 0 Å². The Balaban J connectivity index is 2.01. The van der Waals surface area contributed by atoms with Crippen LogP contribution >= 0.6 is 38.9 Å². The minimum Gasteiger partial charge on any atom is -0.497 e. The van der Waals surface area contributed by atoms with Crippen molar-refractivity contribution in [1.29, 1.82) is 0 Å². The van der Waals surface area contributed by atoms with Gasteiger partial charge in [-0.05, 0) is 34.1 Å². The molecule has 0 spiro atoms. The molecule has 1 heterocycles. The zero-order valence-corrected chi connectivity index (χ0v) is 12.3. The lowest BCUT2D eigenvalue weighted by Gasteiger charge is -2.06. The van der Waals surface area contributed by atoms with Crippen LogP contribution in [0.15, 0.2) is 34.8 Å². The first-order valence-corrected chi connectivity index (χ1v) is 6.99. The average molecular weight is 333 g/mol. The molecular weight excluding hydrogens is 322 g/mol. The van der Waals surface area contributed by atoms with E-state index in [1.54, 1.807) is 18.4 Å². The summed E-state index contributed by atoms with van der Waals surface area (Å²) in [7, 11) is 1.66. The standard InChI is InChI=1S/C12H11BrClNOS/c1-16-9-4-2-3-8(5-9)15-7-10-6-11(13)12(14)17-10/h2-6,15H,7H2,1H3. The molecule has 0 aliphatic heterocycles. The predicted molar refractivity (Wildman–Crippen MR) is 77.3 cm³/mol. The smallest absolute Gasteiger partial charge is 0.120 e. The number of nitrogens with one attached hydrogen (secondary N) is 1.